The summed E-state index contributed by atoms with van der Waals surface area (Å²) in [7, 11) is 1.92. The van der Waals surface area contributed by atoms with Crippen molar-refractivity contribution in [3.63, 3.8) is 0 Å². The molecule has 0 unspecified atom stereocenters. The number of carbonyl (C=O) groups is 1. The highest BCUT2D eigenvalue weighted by Gasteiger charge is 2.28. The third-order valence-electron chi connectivity index (χ3n) is 4.17. The fraction of sp³-hybridized carbons (Fsp3) is 0.500. The Labute approximate surface area is 130 Å². The Morgan fingerprint density at radius 3 is 3.14 bits per heavy atom. The zero-order valence-corrected chi connectivity index (χ0v) is 13.0. The topological polar surface area (TPSA) is 63.3 Å². The molecular formula is C16H22N4O2. The van der Waals surface area contributed by atoms with Gasteiger partial charge in [0.1, 0.15) is 5.76 Å². The molecule has 0 saturated carbocycles. The second-order valence-corrected chi connectivity index (χ2v) is 5.88. The van der Waals surface area contributed by atoms with Gasteiger partial charge < -0.3 is 9.73 Å². The number of nitrogens with one attached hydrogen (secondary N) is 1. The molecule has 3 heterocycles. The van der Waals surface area contributed by atoms with E-state index in [1.54, 1.807) is 6.26 Å². The van der Waals surface area contributed by atoms with Gasteiger partial charge in [0.2, 0.25) is 5.91 Å². The average Bonchev–Trinajstić information content (AvgIpc) is 3.18. The summed E-state index contributed by atoms with van der Waals surface area (Å²) < 4.78 is 7.13. The minimum atomic E-state index is -0.109. The number of furan rings is 1. The number of hydrogen-bond acceptors (Lipinski definition) is 4. The van der Waals surface area contributed by atoms with Crippen molar-refractivity contribution in [1.29, 1.82) is 0 Å². The Hall–Kier alpha value is -2.08. The first-order chi connectivity index (χ1) is 10.6. The van der Waals surface area contributed by atoms with Crippen LogP contribution in [0, 0.1) is 0 Å². The van der Waals surface area contributed by atoms with Gasteiger partial charge in [-0.05, 0) is 38.4 Å². The van der Waals surface area contributed by atoms with Crippen molar-refractivity contribution in [1.82, 2.24) is 20.0 Å². The summed E-state index contributed by atoms with van der Waals surface area (Å²) in [6.07, 6.45) is 7.74. The summed E-state index contributed by atoms with van der Waals surface area (Å²) in [4.78, 5) is 14.5. The minimum Gasteiger partial charge on any atom is -0.467 e. The van der Waals surface area contributed by atoms with Crippen molar-refractivity contribution in [2.75, 3.05) is 13.1 Å². The first kappa shape index (κ1) is 14.8. The molecule has 0 radical (unpaired) electrons. The summed E-state index contributed by atoms with van der Waals surface area (Å²) in [6, 6.07) is 3.89. The van der Waals surface area contributed by atoms with Crippen LogP contribution in [0.1, 0.15) is 43.2 Å². The quantitative estimate of drug-likeness (QED) is 0.918. The molecule has 3 rings (SSSR count). The lowest BCUT2D eigenvalue weighted by atomic mass is 10.1. The van der Waals surface area contributed by atoms with E-state index in [1.807, 2.05) is 43.2 Å². The summed E-state index contributed by atoms with van der Waals surface area (Å²) in [5.74, 6) is 0.804. The van der Waals surface area contributed by atoms with E-state index < -0.39 is 0 Å². The summed E-state index contributed by atoms with van der Waals surface area (Å²) >= 11 is 0. The molecule has 6 heteroatoms. The Kier molecular flexibility index (Phi) is 4.29. The van der Waals surface area contributed by atoms with E-state index in [4.69, 9.17) is 4.42 Å². The van der Waals surface area contributed by atoms with Gasteiger partial charge in [0, 0.05) is 24.8 Å². The molecule has 1 amide bonds. The van der Waals surface area contributed by atoms with Crippen molar-refractivity contribution in [2.45, 2.75) is 31.8 Å². The fourth-order valence-electron chi connectivity index (χ4n) is 3.09. The molecule has 0 aromatic carbocycles. The first-order valence-electron chi connectivity index (χ1n) is 7.69. The van der Waals surface area contributed by atoms with E-state index >= 15 is 0 Å². The second kappa shape index (κ2) is 6.36. The smallest absolute Gasteiger partial charge is 0.234 e. The van der Waals surface area contributed by atoms with Crippen molar-refractivity contribution in [3.05, 3.63) is 42.1 Å². The molecule has 1 fully saturated rings. The van der Waals surface area contributed by atoms with Crippen LogP contribution in [-0.4, -0.2) is 33.7 Å². The number of aryl methyl sites for hydroxylation is 1. The predicted molar refractivity (Wildman–Crippen MR) is 82.0 cm³/mol. The van der Waals surface area contributed by atoms with Gasteiger partial charge in [-0.3, -0.25) is 14.4 Å². The van der Waals surface area contributed by atoms with Gasteiger partial charge in [-0.2, -0.15) is 5.10 Å². The molecule has 1 aliphatic rings. The van der Waals surface area contributed by atoms with Gasteiger partial charge in [-0.25, -0.2) is 0 Å². The highest BCUT2D eigenvalue weighted by atomic mass is 16.3. The van der Waals surface area contributed by atoms with E-state index in [0.29, 0.717) is 12.6 Å². The fourth-order valence-corrected chi connectivity index (χ4v) is 3.09. The lowest BCUT2D eigenvalue weighted by Crippen LogP contribution is -2.37. The number of amides is 1. The van der Waals surface area contributed by atoms with E-state index in [2.05, 4.69) is 15.3 Å². The number of rotatable bonds is 5. The zero-order valence-electron chi connectivity index (χ0n) is 13.0. The molecule has 1 saturated heterocycles. The van der Waals surface area contributed by atoms with Gasteiger partial charge in [0.05, 0.1) is 25.0 Å². The third-order valence-corrected chi connectivity index (χ3v) is 4.17. The molecule has 118 valence electrons. The third kappa shape index (κ3) is 3.22. The van der Waals surface area contributed by atoms with E-state index in [1.165, 1.54) is 5.56 Å². The Bertz CT molecular complexity index is 620. The summed E-state index contributed by atoms with van der Waals surface area (Å²) in [6.45, 7) is 3.28. The van der Waals surface area contributed by atoms with E-state index in [0.717, 1.165) is 25.1 Å². The highest BCUT2D eigenvalue weighted by molar-refractivity contribution is 5.78. The minimum absolute atomic E-state index is 0.0275. The van der Waals surface area contributed by atoms with Crippen molar-refractivity contribution >= 4 is 5.91 Å². The van der Waals surface area contributed by atoms with Crippen molar-refractivity contribution in [2.24, 2.45) is 7.05 Å². The van der Waals surface area contributed by atoms with Gasteiger partial charge in [0.15, 0.2) is 0 Å². The maximum absolute atomic E-state index is 12.3. The van der Waals surface area contributed by atoms with E-state index in [9.17, 15) is 4.79 Å². The first-order valence-corrected chi connectivity index (χ1v) is 7.69. The molecule has 1 aliphatic heterocycles. The number of likely N-dealkylation sites (tertiary alicyclic amines) is 1. The molecule has 22 heavy (non-hydrogen) atoms. The van der Waals surface area contributed by atoms with Gasteiger partial charge in [0.25, 0.3) is 0 Å². The second-order valence-electron chi connectivity index (χ2n) is 5.88. The van der Waals surface area contributed by atoms with Crippen LogP contribution in [0.3, 0.4) is 0 Å². The average molecular weight is 302 g/mol. The molecule has 0 spiro atoms. The molecule has 1 N–H and O–H groups in total. The molecule has 2 aromatic rings. The summed E-state index contributed by atoms with van der Waals surface area (Å²) in [5, 5.41) is 7.23. The Balaban J connectivity index is 1.58. The molecule has 0 aliphatic carbocycles. The van der Waals surface area contributed by atoms with E-state index in [-0.39, 0.29) is 11.9 Å². The van der Waals surface area contributed by atoms with Crippen molar-refractivity contribution in [3.8, 4) is 0 Å². The number of hydrogen-bond donors (Lipinski definition) is 1. The molecule has 0 bridgehead atoms. The number of nitrogens with zero attached hydrogens (tertiary/aromatic N) is 3. The van der Waals surface area contributed by atoms with Crippen LogP contribution in [0.15, 0.2) is 35.2 Å². The predicted octanol–water partition coefficient (Wildman–Crippen LogP) is 2.03. The van der Waals surface area contributed by atoms with Crippen LogP contribution >= 0.6 is 0 Å². The number of aromatic nitrogens is 2. The SMILES string of the molecule is C[C@H](NC(=O)CN1CCC[C@@H]1c1cnn(C)c1)c1ccco1. The number of carbonyl (C=O) groups excluding carboxylic acids is 1. The van der Waals surface area contributed by atoms with Gasteiger partial charge in [-0.15, -0.1) is 0 Å². The van der Waals surface area contributed by atoms with Crippen LogP contribution in [0.5, 0.6) is 0 Å². The van der Waals surface area contributed by atoms with Gasteiger partial charge >= 0.3 is 0 Å². The largest absolute Gasteiger partial charge is 0.467 e. The Morgan fingerprint density at radius 1 is 1.59 bits per heavy atom. The van der Waals surface area contributed by atoms with Crippen LogP contribution in [-0.2, 0) is 11.8 Å². The highest BCUT2D eigenvalue weighted by Crippen LogP contribution is 2.31. The van der Waals surface area contributed by atoms with Crippen LogP contribution < -0.4 is 5.32 Å². The maximum Gasteiger partial charge on any atom is 0.234 e. The maximum atomic E-state index is 12.3. The van der Waals surface area contributed by atoms with Gasteiger partial charge in [-0.1, -0.05) is 0 Å². The normalized spacial score (nSPS) is 20.2. The lowest BCUT2D eigenvalue weighted by molar-refractivity contribution is -0.123. The Morgan fingerprint density at radius 2 is 2.45 bits per heavy atom. The zero-order chi connectivity index (χ0) is 15.5. The summed E-state index contributed by atoms with van der Waals surface area (Å²) in [5.41, 5.74) is 1.19. The van der Waals surface area contributed by atoms with Crippen molar-refractivity contribution < 1.29 is 9.21 Å². The molecule has 6 nitrogen and oxygen atoms in total. The molecule has 2 atom stereocenters. The van der Waals surface area contributed by atoms with Crippen LogP contribution in [0.2, 0.25) is 0 Å². The lowest BCUT2D eigenvalue weighted by Gasteiger charge is -2.23. The van der Waals surface area contributed by atoms with Crippen LogP contribution in [0.25, 0.3) is 0 Å². The molecular weight excluding hydrogens is 280 g/mol. The molecule has 2 aromatic heterocycles. The standard InChI is InChI=1S/C16H22N4O2/c1-12(15-6-4-8-22-15)18-16(21)11-20-7-3-5-14(20)13-9-17-19(2)10-13/h4,6,8-10,12,14H,3,5,7,11H2,1-2H3,(H,18,21)/t12-,14+/m0/s1. The van der Waals surface area contributed by atoms with Crippen LogP contribution in [0.4, 0.5) is 0 Å². The monoisotopic (exact) mass is 302 g/mol.